The van der Waals surface area contributed by atoms with Gasteiger partial charge in [-0.05, 0) is 65.6 Å². The van der Waals surface area contributed by atoms with Crippen LogP contribution in [0.2, 0.25) is 0 Å². The maximum atomic E-state index is 5.96. The maximum Gasteiger partial charge on any atom is 0.199 e. The van der Waals surface area contributed by atoms with Crippen LogP contribution in [0.3, 0.4) is 0 Å². The van der Waals surface area contributed by atoms with Crippen molar-refractivity contribution in [1.82, 2.24) is 0 Å². The molecule has 0 bridgehead atoms. The summed E-state index contributed by atoms with van der Waals surface area (Å²) in [6, 6.07) is 15.8. The van der Waals surface area contributed by atoms with Crippen LogP contribution in [0.5, 0.6) is 0 Å². The van der Waals surface area contributed by atoms with Crippen LogP contribution in [0.1, 0.15) is 18.1 Å². The number of anilines is 2. The largest absolute Gasteiger partial charge is 0.399 e. The van der Waals surface area contributed by atoms with Crippen LogP contribution < -0.4 is 16.9 Å². The van der Waals surface area contributed by atoms with Crippen molar-refractivity contribution in [2.45, 2.75) is 6.92 Å². The third-order valence-electron chi connectivity index (χ3n) is 3.96. The number of benzene rings is 2. The fourth-order valence-corrected chi connectivity index (χ4v) is 2.63. The molecule has 0 spiro atoms. The zero-order valence-electron chi connectivity index (χ0n) is 13.1. The zero-order valence-corrected chi connectivity index (χ0v) is 13.1. The van der Waals surface area contributed by atoms with Gasteiger partial charge in [-0.25, -0.2) is 0 Å². The van der Waals surface area contributed by atoms with Crippen LogP contribution in [0.4, 0.5) is 11.4 Å². The highest BCUT2D eigenvalue weighted by Gasteiger charge is 2.14. The first-order valence-corrected chi connectivity index (χ1v) is 7.50. The van der Waals surface area contributed by atoms with Crippen molar-refractivity contribution >= 4 is 22.7 Å². The molecule has 2 aromatic carbocycles. The summed E-state index contributed by atoms with van der Waals surface area (Å²) < 4.78 is 0. The molecule has 0 saturated heterocycles. The van der Waals surface area contributed by atoms with Crippen molar-refractivity contribution in [3.63, 3.8) is 0 Å². The van der Waals surface area contributed by atoms with Crippen molar-refractivity contribution in [3.05, 3.63) is 89.0 Å². The van der Waals surface area contributed by atoms with Crippen LogP contribution >= 0.6 is 0 Å². The number of nitrogens with two attached hydrogens (primary N) is 3. The van der Waals surface area contributed by atoms with Crippen LogP contribution in [0, 0.1) is 0 Å². The molecule has 0 amide bonds. The van der Waals surface area contributed by atoms with Crippen LogP contribution in [0.25, 0.3) is 5.57 Å². The minimum Gasteiger partial charge on any atom is -0.399 e. The molecule has 1 aliphatic rings. The summed E-state index contributed by atoms with van der Waals surface area (Å²) in [5, 5.41) is 5.96. The second kappa shape index (κ2) is 5.97. The van der Waals surface area contributed by atoms with Crippen LogP contribution in [0.15, 0.2) is 77.9 Å². The highest BCUT2D eigenvalue weighted by molar-refractivity contribution is 6.07. The molecule has 2 aromatic rings. The van der Waals surface area contributed by atoms with E-state index >= 15 is 0 Å². The van der Waals surface area contributed by atoms with E-state index in [1.165, 1.54) is 0 Å². The number of nitrogen functional groups attached to an aromatic ring is 2. The van der Waals surface area contributed by atoms with E-state index < -0.39 is 0 Å². The van der Waals surface area contributed by atoms with E-state index in [1.54, 1.807) is 0 Å². The van der Waals surface area contributed by atoms with Crippen molar-refractivity contribution in [2.75, 3.05) is 11.5 Å². The maximum absolute atomic E-state index is 5.96. The Morgan fingerprint density at radius 2 is 1.26 bits per heavy atom. The lowest BCUT2D eigenvalue weighted by Gasteiger charge is -2.15. The van der Waals surface area contributed by atoms with Crippen molar-refractivity contribution < 1.29 is 5.41 Å². The highest BCUT2D eigenvalue weighted by Crippen LogP contribution is 2.31. The number of hydrogen-bond acceptors (Lipinski definition) is 2. The van der Waals surface area contributed by atoms with E-state index in [0.717, 1.165) is 44.9 Å². The van der Waals surface area contributed by atoms with Gasteiger partial charge in [0.2, 0.25) is 0 Å². The molecule has 0 atom stereocenters. The standard InChI is InChI=1S/C20H19N3/c1-13-12-16(6-11-19(13)23)20(14-2-7-17(21)8-3-14)15-4-9-18(22)10-5-15/h2-12,23H,21-22H2,1H3/p+1. The normalized spacial score (nSPS) is 13.9. The van der Waals surface area contributed by atoms with Gasteiger partial charge in [0.1, 0.15) is 0 Å². The molecule has 0 saturated carbocycles. The Morgan fingerprint density at radius 1 is 0.783 bits per heavy atom. The topological polar surface area (TPSA) is 77.6 Å². The molecule has 23 heavy (non-hydrogen) atoms. The average molecular weight is 302 g/mol. The van der Waals surface area contributed by atoms with Gasteiger partial charge in [0.05, 0.1) is 0 Å². The first-order chi connectivity index (χ1) is 11.0. The highest BCUT2D eigenvalue weighted by atomic mass is 14.5. The Morgan fingerprint density at radius 3 is 1.70 bits per heavy atom. The molecule has 3 heteroatoms. The second-order valence-corrected chi connectivity index (χ2v) is 5.69. The monoisotopic (exact) mass is 302 g/mol. The Bertz CT molecular complexity index is 788. The molecule has 114 valence electrons. The lowest BCUT2D eigenvalue weighted by atomic mass is 9.89. The lowest BCUT2D eigenvalue weighted by molar-refractivity contribution is -0.111. The van der Waals surface area contributed by atoms with Gasteiger partial charge in [-0.1, -0.05) is 24.3 Å². The van der Waals surface area contributed by atoms with Gasteiger partial charge >= 0.3 is 0 Å². The third-order valence-corrected chi connectivity index (χ3v) is 3.96. The Kier molecular flexibility index (Phi) is 3.85. The third kappa shape index (κ3) is 3.09. The fraction of sp³-hybridized carbons (Fsp3) is 0.0500. The summed E-state index contributed by atoms with van der Waals surface area (Å²) >= 11 is 0. The second-order valence-electron chi connectivity index (χ2n) is 5.69. The summed E-state index contributed by atoms with van der Waals surface area (Å²) in [7, 11) is 0. The molecule has 0 heterocycles. The molecular weight excluding hydrogens is 282 g/mol. The summed E-state index contributed by atoms with van der Waals surface area (Å²) in [6.45, 7) is 2.02. The minimum absolute atomic E-state index is 0.749. The number of allylic oxidation sites excluding steroid dienone is 5. The Balaban J connectivity index is 2.22. The van der Waals surface area contributed by atoms with Gasteiger partial charge in [0.25, 0.3) is 0 Å². The van der Waals surface area contributed by atoms with Crippen LogP contribution in [-0.4, -0.2) is 5.71 Å². The first kappa shape index (κ1) is 14.9. The van der Waals surface area contributed by atoms with Gasteiger partial charge in [-0.2, -0.15) is 0 Å². The van der Waals surface area contributed by atoms with Crippen LogP contribution in [-0.2, 0) is 0 Å². The molecule has 3 nitrogen and oxygen atoms in total. The van der Waals surface area contributed by atoms with E-state index in [2.05, 4.69) is 6.08 Å². The average Bonchev–Trinajstić information content (AvgIpc) is 2.55. The van der Waals surface area contributed by atoms with E-state index in [9.17, 15) is 0 Å². The summed E-state index contributed by atoms with van der Waals surface area (Å²) in [4.78, 5) is 0. The van der Waals surface area contributed by atoms with Crippen molar-refractivity contribution in [1.29, 1.82) is 0 Å². The molecule has 3 rings (SSSR count). The molecule has 0 aliphatic heterocycles. The SMILES string of the molecule is CC1=CC(=C(c2ccc(N)cc2)c2ccc(N)cc2)C=CC1=[NH2+]. The molecule has 0 unspecified atom stereocenters. The van der Waals surface area contributed by atoms with E-state index in [1.807, 2.05) is 67.6 Å². The van der Waals surface area contributed by atoms with Gasteiger partial charge < -0.3 is 11.5 Å². The lowest BCUT2D eigenvalue weighted by Crippen LogP contribution is -2.39. The molecule has 0 fully saturated rings. The van der Waals surface area contributed by atoms with E-state index in [-0.39, 0.29) is 0 Å². The van der Waals surface area contributed by atoms with Crippen molar-refractivity contribution in [2.24, 2.45) is 0 Å². The van der Waals surface area contributed by atoms with E-state index in [4.69, 9.17) is 16.9 Å². The van der Waals surface area contributed by atoms with Gasteiger partial charge in [0.15, 0.2) is 5.71 Å². The summed E-state index contributed by atoms with van der Waals surface area (Å²) in [6.07, 6.45) is 6.10. The predicted molar refractivity (Wildman–Crippen MR) is 97.6 cm³/mol. The molecule has 0 aromatic heterocycles. The smallest absolute Gasteiger partial charge is 0.199 e. The quantitative estimate of drug-likeness (QED) is 0.745. The van der Waals surface area contributed by atoms with Gasteiger partial charge in [-0.15, -0.1) is 0 Å². The number of hydrogen-bond donors (Lipinski definition) is 3. The summed E-state index contributed by atoms with van der Waals surface area (Å²) in [5.74, 6) is 0. The molecule has 6 N–H and O–H groups in total. The molecule has 0 radical (unpaired) electrons. The predicted octanol–water partition coefficient (Wildman–Crippen LogP) is 2.37. The minimum atomic E-state index is 0.749. The van der Waals surface area contributed by atoms with Gasteiger partial charge in [0, 0.05) is 23.0 Å². The number of rotatable bonds is 2. The van der Waals surface area contributed by atoms with Gasteiger partial charge in [-0.3, -0.25) is 5.41 Å². The zero-order chi connectivity index (χ0) is 16.4. The molecular formula is C20H20N3+. The fourth-order valence-electron chi connectivity index (χ4n) is 2.63. The van der Waals surface area contributed by atoms with Crippen molar-refractivity contribution in [3.8, 4) is 0 Å². The summed E-state index contributed by atoms with van der Waals surface area (Å²) in [5.41, 5.74) is 19.5. The Hall–Kier alpha value is -3.07. The Labute approximate surface area is 136 Å². The first-order valence-electron chi connectivity index (χ1n) is 7.50. The van der Waals surface area contributed by atoms with E-state index in [0.29, 0.717) is 0 Å². The molecule has 1 aliphatic carbocycles.